The van der Waals surface area contributed by atoms with Crippen LogP contribution < -0.4 is 10.6 Å². The van der Waals surface area contributed by atoms with Crippen LogP contribution in [0.25, 0.3) is 0 Å². The fourth-order valence-electron chi connectivity index (χ4n) is 2.71. The molecule has 0 saturated carbocycles. The van der Waals surface area contributed by atoms with E-state index in [2.05, 4.69) is 10.6 Å². The number of carbonyl (C=O) groups is 2. The van der Waals surface area contributed by atoms with Crippen molar-refractivity contribution in [3.63, 3.8) is 0 Å². The van der Waals surface area contributed by atoms with Gasteiger partial charge in [0.2, 0.25) is 11.8 Å². The normalized spacial score (nSPS) is 18.3. The molecule has 5 nitrogen and oxygen atoms in total. The average molecular weight is 352 g/mol. The van der Waals surface area contributed by atoms with Crippen LogP contribution in [0.4, 0.5) is 0 Å². The van der Waals surface area contributed by atoms with Gasteiger partial charge in [-0.3, -0.25) is 9.59 Å². The maximum atomic E-state index is 12.6. The predicted molar refractivity (Wildman–Crippen MR) is 95.9 cm³/mol. The molecular formula is C18H26ClN3O2. The molecule has 1 heterocycles. The molecule has 0 aromatic heterocycles. The van der Waals surface area contributed by atoms with Crippen molar-refractivity contribution >= 4 is 23.4 Å². The Morgan fingerprint density at radius 2 is 2.12 bits per heavy atom. The minimum Gasteiger partial charge on any atom is -0.355 e. The molecule has 1 aromatic carbocycles. The minimum absolute atomic E-state index is 0.0248. The van der Waals surface area contributed by atoms with Gasteiger partial charge in [0.05, 0.1) is 6.04 Å². The van der Waals surface area contributed by atoms with Crippen molar-refractivity contribution in [2.75, 3.05) is 26.2 Å². The van der Waals surface area contributed by atoms with Gasteiger partial charge in [-0.15, -0.1) is 0 Å². The van der Waals surface area contributed by atoms with Crippen molar-refractivity contribution in [2.24, 2.45) is 5.41 Å². The molecule has 0 aliphatic carbocycles. The van der Waals surface area contributed by atoms with Crippen molar-refractivity contribution < 1.29 is 9.59 Å². The van der Waals surface area contributed by atoms with Crippen LogP contribution in [0.5, 0.6) is 0 Å². The lowest BCUT2D eigenvalue weighted by atomic mass is 9.96. The van der Waals surface area contributed by atoms with E-state index in [0.29, 0.717) is 31.1 Å². The number of hydrogen-bond acceptors (Lipinski definition) is 3. The minimum atomic E-state index is -0.443. The smallest absolute Gasteiger partial charge is 0.225 e. The third kappa shape index (κ3) is 4.95. The molecule has 0 spiro atoms. The zero-order chi connectivity index (χ0) is 17.7. The standard InChI is InChI=1S/C18H26ClN3O2/c1-18(2,3)17(24)21-8-7-16(23)22-10-9-20-12-15(22)13-5-4-6-14(19)11-13/h4-6,11,15,20H,7-10,12H2,1-3H3,(H,21,24). The number of nitrogens with zero attached hydrogens (tertiary/aromatic N) is 1. The molecule has 1 saturated heterocycles. The summed E-state index contributed by atoms with van der Waals surface area (Å²) < 4.78 is 0. The van der Waals surface area contributed by atoms with E-state index in [1.807, 2.05) is 49.9 Å². The average Bonchev–Trinajstić information content (AvgIpc) is 2.53. The highest BCUT2D eigenvalue weighted by molar-refractivity contribution is 6.30. The molecule has 1 aliphatic heterocycles. The van der Waals surface area contributed by atoms with E-state index in [1.54, 1.807) is 0 Å². The number of halogens is 1. The second-order valence-electron chi connectivity index (χ2n) is 7.12. The van der Waals surface area contributed by atoms with Crippen molar-refractivity contribution in [1.82, 2.24) is 15.5 Å². The van der Waals surface area contributed by atoms with E-state index in [1.165, 1.54) is 0 Å². The summed E-state index contributed by atoms with van der Waals surface area (Å²) in [5.74, 6) is 0.0117. The molecule has 1 atom stereocenters. The highest BCUT2D eigenvalue weighted by Gasteiger charge is 2.28. The molecule has 2 rings (SSSR count). The fraction of sp³-hybridized carbons (Fsp3) is 0.556. The molecule has 2 amide bonds. The van der Waals surface area contributed by atoms with Gasteiger partial charge in [0.25, 0.3) is 0 Å². The topological polar surface area (TPSA) is 61.4 Å². The summed E-state index contributed by atoms with van der Waals surface area (Å²) in [6.07, 6.45) is 0.304. The first-order chi connectivity index (χ1) is 11.3. The lowest BCUT2D eigenvalue weighted by Gasteiger charge is -2.37. The van der Waals surface area contributed by atoms with Crippen LogP contribution in [-0.4, -0.2) is 42.9 Å². The maximum Gasteiger partial charge on any atom is 0.225 e. The number of rotatable bonds is 4. The van der Waals surface area contributed by atoms with Crippen LogP contribution in [0, 0.1) is 5.41 Å². The van der Waals surface area contributed by atoms with E-state index in [-0.39, 0.29) is 17.9 Å². The van der Waals surface area contributed by atoms with E-state index in [9.17, 15) is 9.59 Å². The van der Waals surface area contributed by atoms with Gasteiger partial charge in [0.15, 0.2) is 0 Å². The zero-order valence-corrected chi connectivity index (χ0v) is 15.3. The van der Waals surface area contributed by atoms with Gasteiger partial charge in [-0.05, 0) is 17.7 Å². The molecular weight excluding hydrogens is 326 g/mol. The van der Waals surface area contributed by atoms with Gasteiger partial charge in [0.1, 0.15) is 0 Å². The zero-order valence-electron chi connectivity index (χ0n) is 14.6. The molecule has 0 bridgehead atoms. The second kappa shape index (κ2) is 7.99. The summed E-state index contributed by atoms with van der Waals surface area (Å²) in [4.78, 5) is 26.4. The number of nitrogens with one attached hydrogen (secondary N) is 2. The van der Waals surface area contributed by atoms with Crippen LogP contribution in [0.3, 0.4) is 0 Å². The highest BCUT2D eigenvalue weighted by atomic mass is 35.5. The lowest BCUT2D eigenvalue weighted by Crippen LogP contribution is -2.49. The third-order valence-electron chi connectivity index (χ3n) is 4.10. The van der Waals surface area contributed by atoms with E-state index in [4.69, 9.17) is 11.6 Å². The molecule has 6 heteroatoms. The van der Waals surface area contributed by atoms with E-state index >= 15 is 0 Å². The fourth-order valence-corrected chi connectivity index (χ4v) is 2.90. The first-order valence-electron chi connectivity index (χ1n) is 8.33. The summed E-state index contributed by atoms with van der Waals surface area (Å²) in [5.41, 5.74) is 0.586. The maximum absolute atomic E-state index is 12.6. The van der Waals surface area contributed by atoms with Gasteiger partial charge < -0.3 is 15.5 Å². The van der Waals surface area contributed by atoms with Crippen molar-refractivity contribution in [1.29, 1.82) is 0 Å². The molecule has 1 fully saturated rings. The summed E-state index contributed by atoms with van der Waals surface area (Å²) in [5, 5.41) is 6.83. The largest absolute Gasteiger partial charge is 0.355 e. The van der Waals surface area contributed by atoms with Crippen molar-refractivity contribution in [3.05, 3.63) is 34.9 Å². The number of benzene rings is 1. The van der Waals surface area contributed by atoms with E-state index < -0.39 is 5.41 Å². The Balaban J connectivity index is 1.97. The molecule has 1 aliphatic rings. The van der Waals surface area contributed by atoms with Gasteiger partial charge >= 0.3 is 0 Å². The number of carbonyl (C=O) groups excluding carboxylic acids is 2. The van der Waals surface area contributed by atoms with Crippen LogP contribution in [0.15, 0.2) is 24.3 Å². The molecule has 1 aromatic rings. The Morgan fingerprint density at radius 3 is 2.79 bits per heavy atom. The van der Waals surface area contributed by atoms with Crippen LogP contribution in [0.1, 0.15) is 38.8 Å². The molecule has 2 N–H and O–H groups in total. The summed E-state index contributed by atoms with van der Waals surface area (Å²) in [7, 11) is 0. The van der Waals surface area contributed by atoms with Crippen LogP contribution in [0.2, 0.25) is 5.02 Å². The summed E-state index contributed by atoms with van der Waals surface area (Å²) in [6.45, 7) is 8.07. The van der Waals surface area contributed by atoms with E-state index in [0.717, 1.165) is 12.1 Å². The number of piperazine rings is 1. The lowest BCUT2D eigenvalue weighted by molar-refractivity contribution is -0.134. The first-order valence-corrected chi connectivity index (χ1v) is 8.71. The molecule has 0 radical (unpaired) electrons. The van der Waals surface area contributed by atoms with Crippen LogP contribution in [-0.2, 0) is 9.59 Å². The van der Waals surface area contributed by atoms with Crippen molar-refractivity contribution in [2.45, 2.75) is 33.2 Å². The molecule has 24 heavy (non-hydrogen) atoms. The van der Waals surface area contributed by atoms with Gasteiger partial charge in [-0.25, -0.2) is 0 Å². The molecule has 1 unspecified atom stereocenters. The molecule has 132 valence electrons. The highest BCUT2D eigenvalue weighted by Crippen LogP contribution is 2.25. The number of hydrogen-bond donors (Lipinski definition) is 2. The Hall–Kier alpha value is -1.59. The van der Waals surface area contributed by atoms with Gasteiger partial charge in [-0.2, -0.15) is 0 Å². The van der Waals surface area contributed by atoms with Gasteiger partial charge in [-0.1, -0.05) is 44.5 Å². The summed E-state index contributed by atoms with van der Waals surface area (Å²) >= 11 is 6.08. The Bertz CT molecular complexity index is 598. The predicted octanol–water partition coefficient (Wildman–Crippen LogP) is 2.37. The monoisotopic (exact) mass is 351 g/mol. The van der Waals surface area contributed by atoms with Gasteiger partial charge in [0, 0.05) is 43.0 Å². The SMILES string of the molecule is CC(C)(C)C(=O)NCCC(=O)N1CCNCC1c1cccc(Cl)c1. The first kappa shape index (κ1) is 18.7. The van der Waals surface area contributed by atoms with Crippen molar-refractivity contribution in [3.8, 4) is 0 Å². The number of amides is 2. The summed E-state index contributed by atoms with van der Waals surface area (Å²) in [6, 6.07) is 7.60. The quantitative estimate of drug-likeness (QED) is 0.875. The third-order valence-corrected chi connectivity index (χ3v) is 4.34. The Labute approximate surface area is 148 Å². The Kier molecular flexibility index (Phi) is 6.24. The second-order valence-corrected chi connectivity index (χ2v) is 7.55. The Morgan fingerprint density at radius 1 is 1.38 bits per heavy atom. The van der Waals surface area contributed by atoms with Crippen LogP contribution >= 0.6 is 11.6 Å².